The van der Waals surface area contributed by atoms with Gasteiger partial charge in [0, 0.05) is 20.2 Å². The van der Waals surface area contributed by atoms with E-state index >= 15 is 0 Å². The molecular weight excluding hydrogens is 406 g/mol. The molecule has 0 heterocycles. The van der Waals surface area contributed by atoms with Crippen LogP contribution in [0.4, 0.5) is 0 Å². The Bertz CT molecular complexity index is 766. The predicted molar refractivity (Wildman–Crippen MR) is 136 cm³/mol. The highest BCUT2D eigenvalue weighted by Gasteiger charge is 2.46. The molecule has 33 heavy (non-hydrogen) atoms. The number of methoxy groups -OCH3 is 1. The lowest BCUT2D eigenvalue weighted by Crippen LogP contribution is -2.53. The molecule has 3 nitrogen and oxygen atoms in total. The molecule has 2 aromatic rings. The van der Waals surface area contributed by atoms with Crippen LogP contribution in [0.5, 0.6) is 0 Å². The Morgan fingerprint density at radius 1 is 0.758 bits per heavy atom. The highest BCUT2D eigenvalue weighted by molar-refractivity contribution is 5.18. The van der Waals surface area contributed by atoms with E-state index in [0.29, 0.717) is 18.6 Å². The summed E-state index contributed by atoms with van der Waals surface area (Å²) in [5.41, 5.74) is 3.00. The Hall–Kier alpha value is -1.68. The fraction of sp³-hybridized carbons (Fsp3) is 0.600. The van der Waals surface area contributed by atoms with Crippen LogP contribution in [0.1, 0.15) is 75.8 Å². The highest BCUT2D eigenvalue weighted by Crippen LogP contribution is 2.51. The molecule has 0 saturated heterocycles. The molecule has 0 N–H and O–H groups in total. The van der Waals surface area contributed by atoms with E-state index in [4.69, 9.17) is 9.47 Å². The number of hydrogen-bond donors (Lipinski definition) is 0. The number of hydrogen-bond acceptors (Lipinski definition) is 3. The molecule has 2 aliphatic carbocycles. The van der Waals surface area contributed by atoms with Crippen LogP contribution in [-0.2, 0) is 22.6 Å². The van der Waals surface area contributed by atoms with Crippen molar-refractivity contribution in [2.45, 2.75) is 83.5 Å². The molecule has 0 aliphatic heterocycles. The summed E-state index contributed by atoms with van der Waals surface area (Å²) in [5.74, 6) is 0.826. The van der Waals surface area contributed by atoms with Gasteiger partial charge in [0.25, 0.3) is 0 Å². The predicted octanol–water partition coefficient (Wildman–Crippen LogP) is 7.21. The number of benzene rings is 2. The Morgan fingerprint density at radius 2 is 1.30 bits per heavy atom. The van der Waals surface area contributed by atoms with Crippen molar-refractivity contribution in [3.8, 4) is 0 Å². The second-order valence-corrected chi connectivity index (χ2v) is 10.6. The van der Waals surface area contributed by atoms with Gasteiger partial charge in [0.05, 0.1) is 13.2 Å². The maximum Gasteiger partial charge on any atom is 0.122 e. The van der Waals surface area contributed by atoms with E-state index < -0.39 is 0 Å². The summed E-state index contributed by atoms with van der Waals surface area (Å²) >= 11 is 0. The van der Waals surface area contributed by atoms with Crippen molar-refractivity contribution in [1.82, 2.24) is 4.90 Å². The van der Waals surface area contributed by atoms with E-state index in [1.54, 1.807) is 7.11 Å². The molecule has 0 radical (unpaired) electrons. The molecule has 2 aliphatic rings. The third kappa shape index (κ3) is 6.26. The summed E-state index contributed by atoms with van der Waals surface area (Å²) in [4.78, 5) is 2.62. The summed E-state index contributed by atoms with van der Waals surface area (Å²) in [5, 5.41) is 0. The smallest absolute Gasteiger partial charge is 0.122 e. The summed E-state index contributed by atoms with van der Waals surface area (Å²) in [6.07, 6.45) is 11.8. The second kappa shape index (κ2) is 11.6. The van der Waals surface area contributed by atoms with Gasteiger partial charge >= 0.3 is 0 Å². The van der Waals surface area contributed by atoms with Crippen LogP contribution in [0, 0.1) is 11.3 Å². The van der Waals surface area contributed by atoms with E-state index in [9.17, 15) is 0 Å². The first kappa shape index (κ1) is 24.4. The summed E-state index contributed by atoms with van der Waals surface area (Å²) in [6, 6.07) is 21.8. The minimum Gasteiger partial charge on any atom is -0.382 e. The van der Waals surface area contributed by atoms with Crippen LogP contribution in [-0.4, -0.2) is 30.9 Å². The van der Waals surface area contributed by atoms with Gasteiger partial charge in [-0.3, -0.25) is 4.90 Å². The van der Waals surface area contributed by atoms with Crippen molar-refractivity contribution in [2.75, 3.05) is 20.3 Å². The monoisotopic (exact) mass is 449 g/mol. The van der Waals surface area contributed by atoms with Gasteiger partial charge < -0.3 is 9.47 Å². The van der Waals surface area contributed by atoms with Crippen molar-refractivity contribution in [3.63, 3.8) is 0 Å². The minimum absolute atomic E-state index is 0.230. The van der Waals surface area contributed by atoms with Gasteiger partial charge in [0.2, 0.25) is 0 Å². The quantitative estimate of drug-likeness (QED) is 0.282. The first-order chi connectivity index (χ1) is 16.1. The molecule has 4 rings (SSSR count). The molecule has 180 valence electrons. The Balaban J connectivity index is 1.57. The van der Waals surface area contributed by atoms with Gasteiger partial charge in [-0.25, -0.2) is 0 Å². The van der Waals surface area contributed by atoms with Gasteiger partial charge in [0.15, 0.2) is 0 Å². The van der Waals surface area contributed by atoms with E-state index in [1.165, 1.54) is 56.1 Å². The van der Waals surface area contributed by atoms with E-state index in [1.807, 2.05) is 0 Å². The van der Waals surface area contributed by atoms with Crippen LogP contribution < -0.4 is 0 Å². The van der Waals surface area contributed by atoms with Crippen molar-refractivity contribution in [2.24, 2.45) is 11.3 Å². The van der Waals surface area contributed by atoms with Crippen molar-refractivity contribution >= 4 is 0 Å². The average Bonchev–Trinajstić information content (AvgIpc) is 2.86. The van der Waals surface area contributed by atoms with Gasteiger partial charge in [-0.2, -0.15) is 0 Å². The van der Waals surface area contributed by atoms with E-state index in [0.717, 1.165) is 31.8 Å². The van der Waals surface area contributed by atoms with E-state index in [2.05, 4.69) is 72.5 Å². The molecule has 0 unspecified atom stereocenters. The molecule has 0 bridgehead atoms. The fourth-order valence-corrected chi connectivity index (χ4v) is 6.35. The molecule has 0 atom stereocenters. The van der Waals surface area contributed by atoms with Gasteiger partial charge in [-0.05, 0) is 61.0 Å². The largest absolute Gasteiger partial charge is 0.382 e. The third-order valence-corrected chi connectivity index (χ3v) is 8.42. The van der Waals surface area contributed by atoms with Crippen molar-refractivity contribution in [1.29, 1.82) is 0 Å². The molecule has 2 aromatic carbocycles. The molecule has 0 aromatic heterocycles. The van der Waals surface area contributed by atoms with Crippen LogP contribution in [0.15, 0.2) is 60.7 Å². The summed E-state index contributed by atoms with van der Waals surface area (Å²) in [7, 11) is 1.77. The van der Waals surface area contributed by atoms with Crippen LogP contribution in [0.25, 0.3) is 0 Å². The Labute approximate surface area is 201 Å². The van der Waals surface area contributed by atoms with E-state index in [-0.39, 0.29) is 5.72 Å². The van der Waals surface area contributed by atoms with Gasteiger partial charge in [-0.15, -0.1) is 0 Å². The number of ether oxygens (including phenoxy) is 2. The van der Waals surface area contributed by atoms with Crippen LogP contribution in [0.2, 0.25) is 0 Å². The molecule has 0 spiro atoms. The number of nitrogens with zero attached hydrogens (tertiary/aromatic N) is 1. The standard InChI is InChI=1S/C30H43NO2/c1-29(18-10-5-11-19-29)28-16-20-30(21-17-28,33-23-22-32-2)31(24-26-12-6-3-7-13-26)25-27-14-8-4-9-15-27/h3-4,6-9,12-15,28H,5,10-11,16-25H2,1-2H3. The molecule has 2 saturated carbocycles. The lowest BCUT2D eigenvalue weighted by molar-refractivity contribution is -0.199. The maximum absolute atomic E-state index is 6.79. The zero-order valence-electron chi connectivity index (χ0n) is 20.8. The zero-order valence-corrected chi connectivity index (χ0v) is 20.8. The minimum atomic E-state index is -0.230. The van der Waals surface area contributed by atoms with Crippen molar-refractivity contribution < 1.29 is 9.47 Å². The van der Waals surface area contributed by atoms with Gasteiger partial charge in [-0.1, -0.05) is 86.8 Å². The Morgan fingerprint density at radius 3 is 1.82 bits per heavy atom. The normalized spacial score (nSPS) is 25.2. The highest BCUT2D eigenvalue weighted by atomic mass is 16.5. The van der Waals surface area contributed by atoms with Gasteiger partial charge in [0.1, 0.15) is 5.72 Å². The zero-order chi connectivity index (χ0) is 23.0. The summed E-state index contributed by atoms with van der Waals surface area (Å²) in [6.45, 7) is 5.68. The van der Waals surface area contributed by atoms with Crippen LogP contribution >= 0.6 is 0 Å². The SMILES string of the molecule is COCCOC1(N(Cc2ccccc2)Cc2ccccc2)CCC(C2(C)CCCCC2)CC1. The number of rotatable bonds is 10. The molecule has 3 heteroatoms. The molecule has 2 fully saturated rings. The topological polar surface area (TPSA) is 21.7 Å². The maximum atomic E-state index is 6.79. The molecule has 0 amide bonds. The van der Waals surface area contributed by atoms with Crippen molar-refractivity contribution in [3.05, 3.63) is 71.8 Å². The van der Waals surface area contributed by atoms with Crippen LogP contribution in [0.3, 0.4) is 0 Å². The average molecular weight is 450 g/mol. The fourth-order valence-electron chi connectivity index (χ4n) is 6.35. The second-order valence-electron chi connectivity index (χ2n) is 10.6. The third-order valence-electron chi connectivity index (χ3n) is 8.42. The Kier molecular flexibility index (Phi) is 8.62. The first-order valence-corrected chi connectivity index (χ1v) is 13.1. The molecular formula is C30H43NO2. The lowest BCUT2D eigenvalue weighted by atomic mass is 9.62. The first-order valence-electron chi connectivity index (χ1n) is 13.1. The summed E-state index contributed by atoms with van der Waals surface area (Å²) < 4.78 is 12.2. The lowest BCUT2D eigenvalue weighted by Gasteiger charge is -2.51.